The highest BCUT2D eigenvalue weighted by Crippen LogP contribution is 2.33. The van der Waals surface area contributed by atoms with Gasteiger partial charge in [0.2, 0.25) is 5.89 Å². The van der Waals surface area contributed by atoms with E-state index >= 15 is 0 Å². The van der Waals surface area contributed by atoms with Gasteiger partial charge in [0, 0.05) is 10.6 Å². The number of halogens is 1. The fraction of sp³-hybridized carbons (Fsp3) is 0.357. The molecule has 2 aromatic heterocycles. The number of fused-ring (bicyclic) bond motifs is 1. The first kappa shape index (κ1) is 26.4. The Labute approximate surface area is 221 Å². The summed E-state index contributed by atoms with van der Waals surface area (Å²) < 4.78 is 23.0. The highest BCUT2D eigenvalue weighted by atomic mass is 35.5. The molecule has 0 aliphatic heterocycles. The minimum atomic E-state index is -0.570. The number of nitrogens with zero attached hydrogens (tertiary/aromatic N) is 3. The monoisotopic (exact) mass is 523 g/mol. The van der Waals surface area contributed by atoms with Crippen LogP contribution in [0, 0.1) is 13.8 Å². The summed E-state index contributed by atoms with van der Waals surface area (Å²) in [4.78, 5) is 25.8. The van der Waals surface area contributed by atoms with Crippen molar-refractivity contribution in [1.82, 2.24) is 15.0 Å². The third kappa shape index (κ3) is 6.57. The van der Waals surface area contributed by atoms with Crippen LogP contribution in [0.25, 0.3) is 22.7 Å². The Bertz CT molecular complexity index is 1420. The van der Waals surface area contributed by atoms with Crippen LogP contribution in [0.2, 0.25) is 5.02 Å². The quantitative estimate of drug-likeness (QED) is 0.227. The summed E-state index contributed by atoms with van der Waals surface area (Å²) in [6.45, 7) is 11.2. The molecule has 8 nitrogen and oxygen atoms in total. The number of benzene rings is 2. The second-order valence-electron chi connectivity index (χ2n) is 9.75. The van der Waals surface area contributed by atoms with E-state index < -0.39 is 11.6 Å². The number of oxazole rings is 1. The first-order valence-electron chi connectivity index (χ1n) is 12.1. The molecule has 0 atom stereocenters. The molecule has 4 rings (SSSR count). The molecule has 0 fully saturated rings. The van der Waals surface area contributed by atoms with Gasteiger partial charge in [0.25, 0.3) is 5.71 Å². The molecule has 0 saturated heterocycles. The van der Waals surface area contributed by atoms with Crippen LogP contribution in [0.15, 0.2) is 40.8 Å². The van der Waals surface area contributed by atoms with Gasteiger partial charge in [0.15, 0.2) is 12.1 Å². The lowest BCUT2D eigenvalue weighted by atomic mass is 10.1. The molecule has 0 aliphatic carbocycles. The number of rotatable bonds is 8. The zero-order chi connectivity index (χ0) is 26.7. The Hall–Kier alpha value is -3.65. The van der Waals surface area contributed by atoms with E-state index in [1.165, 1.54) is 0 Å². The number of hydrogen-bond acceptors (Lipinski definition) is 8. The first-order valence-corrected chi connectivity index (χ1v) is 12.5. The standard InChI is InChI=1S/C28H30ClN3O5/c1-7-9-21-23-26(32-27(30-21)35-20-11-8-10-19(29)14-20)36-25(31-23)18-12-16(2)24(17(3)13-18)34-15-22(33)37-28(4,5)6/h8,10-14H,7,9,15H2,1-6H3. The number of aromatic nitrogens is 3. The molecule has 0 amide bonds. The number of carbonyl (C=O) groups excluding carboxylic acids is 1. The van der Waals surface area contributed by atoms with Gasteiger partial charge in [0.1, 0.15) is 17.1 Å². The molecule has 0 bridgehead atoms. The van der Waals surface area contributed by atoms with Crippen LogP contribution in [0.3, 0.4) is 0 Å². The molecule has 37 heavy (non-hydrogen) atoms. The van der Waals surface area contributed by atoms with Gasteiger partial charge in [-0.15, -0.1) is 0 Å². The van der Waals surface area contributed by atoms with Crippen LogP contribution in [0.4, 0.5) is 0 Å². The Balaban J connectivity index is 1.63. The molecule has 2 heterocycles. The maximum Gasteiger partial charge on any atom is 0.344 e. The lowest BCUT2D eigenvalue weighted by Gasteiger charge is -2.20. The van der Waals surface area contributed by atoms with Crippen molar-refractivity contribution in [2.45, 2.75) is 60.0 Å². The van der Waals surface area contributed by atoms with E-state index in [0.29, 0.717) is 40.1 Å². The fourth-order valence-electron chi connectivity index (χ4n) is 3.88. The van der Waals surface area contributed by atoms with Crippen LogP contribution >= 0.6 is 11.6 Å². The van der Waals surface area contributed by atoms with Crippen molar-refractivity contribution in [3.8, 4) is 29.0 Å². The van der Waals surface area contributed by atoms with Crippen molar-refractivity contribution in [3.63, 3.8) is 0 Å². The normalized spacial score (nSPS) is 11.5. The van der Waals surface area contributed by atoms with E-state index in [-0.39, 0.29) is 12.6 Å². The Morgan fingerprint density at radius 2 is 1.78 bits per heavy atom. The van der Waals surface area contributed by atoms with Crippen molar-refractivity contribution in [2.24, 2.45) is 0 Å². The molecular formula is C28H30ClN3O5. The molecule has 2 aromatic carbocycles. The summed E-state index contributed by atoms with van der Waals surface area (Å²) in [6, 6.07) is 11.0. The third-order valence-electron chi connectivity index (χ3n) is 5.26. The smallest absolute Gasteiger partial charge is 0.344 e. The minimum absolute atomic E-state index is 0.166. The lowest BCUT2D eigenvalue weighted by Crippen LogP contribution is -2.27. The second-order valence-corrected chi connectivity index (χ2v) is 10.2. The van der Waals surface area contributed by atoms with Gasteiger partial charge < -0.3 is 18.6 Å². The van der Waals surface area contributed by atoms with E-state index in [9.17, 15) is 4.79 Å². The van der Waals surface area contributed by atoms with E-state index in [1.54, 1.807) is 24.3 Å². The van der Waals surface area contributed by atoms with Crippen LogP contribution in [0.5, 0.6) is 17.5 Å². The number of ether oxygens (including phenoxy) is 3. The summed E-state index contributed by atoms with van der Waals surface area (Å²) in [5.41, 5.74) is 3.54. The third-order valence-corrected chi connectivity index (χ3v) is 5.50. The minimum Gasteiger partial charge on any atom is -0.481 e. The van der Waals surface area contributed by atoms with Gasteiger partial charge in [-0.3, -0.25) is 0 Å². The number of hydrogen-bond donors (Lipinski definition) is 0. The largest absolute Gasteiger partial charge is 0.481 e. The van der Waals surface area contributed by atoms with Gasteiger partial charge in [-0.2, -0.15) is 9.97 Å². The Kier molecular flexibility index (Phi) is 7.68. The maximum absolute atomic E-state index is 12.1. The van der Waals surface area contributed by atoms with Crippen LogP contribution in [-0.2, 0) is 16.0 Å². The highest BCUT2D eigenvalue weighted by Gasteiger charge is 2.20. The predicted molar refractivity (Wildman–Crippen MR) is 141 cm³/mol. The molecule has 0 spiro atoms. The van der Waals surface area contributed by atoms with E-state index in [0.717, 1.165) is 28.8 Å². The summed E-state index contributed by atoms with van der Waals surface area (Å²) in [6.07, 6.45) is 1.55. The van der Waals surface area contributed by atoms with Gasteiger partial charge in [-0.25, -0.2) is 9.78 Å². The molecule has 194 valence electrons. The van der Waals surface area contributed by atoms with Gasteiger partial charge in [-0.1, -0.05) is 31.0 Å². The number of esters is 1. The average Bonchev–Trinajstić information content (AvgIpc) is 3.22. The van der Waals surface area contributed by atoms with Gasteiger partial charge >= 0.3 is 12.0 Å². The number of carbonyl (C=O) groups is 1. The number of aryl methyl sites for hydroxylation is 3. The first-order chi connectivity index (χ1) is 17.5. The molecule has 0 aliphatic rings. The van der Waals surface area contributed by atoms with E-state index in [1.807, 2.05) is 46.8 Å². The Morgan fingerprint density at radius 1 is 1.05 bits per heavy atom. The Morgan fingerprint density at radius 3 is 2.43 bits per heavy atom. The SMILES string of the molecule is CCCc1nc(Oc2cccc(Cl)c2)nc2oc(-c3cc(C)c(OCC(=O)OC(C)(C)C)c(C)c3)nc12. The summed E-state index contributed by atoms with van der Waals surface area (Å²) in [5.74, 6) is 1.13. The highest BCUT2D eigenvalue weighted by molar-refractivity contribution is 6.30. The van der Waals surface area contributed by atoms with Gasteiger partial charge in [-0.05, 0) is 82.5 Å². The summed E-state index contributed by atoms with van der Waals surface area (Å²) >= 11 is 6.07. The lowest BCUT2D eigenvalue weighted by molar-refractivity contribution is -0.157. The predicted octanol–water partition coefficient (Wildman–Crippen LogP) is 7.02. The molecule has 0 N–H and O–H groups in total. The molecule has 0 radical (unpaired) electrons. The van der Waals surface area contributed by atoms with Gasteiger partial charge in [0.05, 0.1) is 5.69 Å². The van der Waals surface area contributed by atoms with Crippen molar-refractivity contribution in [1.29, 1.82) is 0 Å². The van der Waals surface area contributed by atoms with Crippen LogP contribution in [0.1, 0.15) is 50.9 Å². The van der Waals surface area contributed by atoms with Crippen molar-refractivity contribution < 1.29 is 23.4 Å². The van der Waals surface area contributed by atoms with Crippen LogP contribution in [-0.4, -0.2) is 33.1 Å². The maximum atomic E-state index is 12.1. The summed E-state index contributed by atoms with van der Waals surface area (Å²) in [7, 11) is 0. The second kappa shape index (κ2) is 10.8. The summed E-state index contributed by atoms with van der Waals surface area (Å²) in [5, 5.41) is 0.554. The molecule has 0 unspecified atom stereocenters. The van der Waals surface area contributed by atoms with Crippen molar-refractivity contribution >= 4 is 28.8 Å². The van der Waals surface area contributed by atoms with E-state index in [2.05, 4.69) is 16.9 Å². The molecule has 4 aromatic rings. The zero-order valence-electron chi connectivity index (χ0n) is 21.8. The molecule has 9 heteroatoms. The fourth-order valence-corrected chi connectivity index (χ4v) is 4.06. The zero-order valence-corrected chi connectivity index (χ0v) is 22.6. The molecular weight excluding hydrogens is 494 g/mol. The topological polar surface area (TPSA) is 96.6 Å². The van der Waals surface area contributed by atoms with E-state index in [4.69, 9.17) is 35.2 Å². The molecule has 0 saturated carbocycles. The van der Waals surface area contributed by atoms with Crippen molar-refractivity contribution in [2.75, 3.05) is 6.61 Å². The van der Waals surface area contributed by atoms with Crippen LogP contribution < -0.4 is 9.47 Å². The average molecular weight is 524 g/mol. The van der Waals surface area contributed by atoms with Crippen molar-refractivity contribution in [3.05, 3.63) is 58.2 Å².